The van der Waals surface area contributed by atoms with Crippen molar-refractivity contribution in [1.82, 2.24) is 0 Å². The van der Waals surface area contributed by atoms with Gasteiger partial charge in [-0.2, -0.15) is 0 Å². The first-order valence-electron chi connectivity index (χ1n) is 9.84. The maximum Gasteiger partial charge on any atom is 0.119 e. The highest BCUT2D eigenvalue weighted by Crippen LogP contribution is 2.31. The molecule has 0 aromatic heterocycles. The van der Waals surface area contributed by atoms with Crippen LogP contribution in [-0.4, -0.2) is 10.2 Å². The maximum atomic E-state index is 9.57. The van der Waals surface area contributed by atoms with E-state index in [1.54, 1.807) is 24.3 Å². The Balaban J connectivity index is 0.000000271. The predicted molar refractivity (Wildman–Crippen MR) is 117 cm³/mol. The summed E-state index contributed by atoms with van der Waals surface area (Å²) in [6.07, 6.45) is 7.97. The first-order valence-corrected chi connectivity index (χ1v) is 10.6. The van der Waals surface area contributed by atoms with E-state index in [4.69, 9.17) is 23.2 Å². The van der Waals surface area contributed by atoms with Crippen LogP contribution in [-0.2, 0) is 6.42 Å². The monoisotopic (exact) mass is 410 g/mol. The molecule has 2 rings (SSSR count). The smallest absolute Gasteiger partial charge is 0.119 e. The zero-order chi connectivity index (χ0) is 20.2. The molecule has 0 heterocycles. The van der Waals surface area contributed by atoms with E-state index in [1.807, 2.05) is 12.1 Å². The Morgan fingerprint density at radius 2 is 1.44 bits per heavy atom. The molecule has 2 nitrogen and oxygen atoms in total. The van der Waals surface area contributed by atoms with Gasteiger partial charge < -0.3 is 10.2 Å². The maximum absolute atomic E-state index is 9.57. The number of aromatic hydroxyl groups is 2. The van der Waals surface area contributed by atoms with E-state index in [-0.39, 0.29) is 0 Å². The Kier molecular flexibility index (Phi) is 11.3. The topological polar surface area (TPSA) is 40.5 Å². The number of halogens is 2. The van der Waals surface area contributed by atoms with Gasteiger partial charge in [0.25, 0.3) is 0 Å². The van der Waals surface area contributed by atoms with Crippen molar-refractivity contribution in [2.24, 2.45) is 0 Å². The van der Waals surface area contributed by atoms with E-state index >= 15 is 0 Å². The average molecular weight is 411 g/mol. The van der Waals surface area contributed by atoms with Gasteiger partial charge >= 0.3 is 0 Å². The van der Waals surface area contributed by atoms with Gasteiger partial charge in [-0.25, -0.2) is 0 Å². The van der Waals surface area contributed by atoms with Crippen molar-refractivity contribution in [1.29, 1.82) is 0 Å². The van der Waals surface area contributed by atoms with Crippen molar-refractivity contribution in [3.05, 3.63) is 57.6 Å². The molecule has 0 aliphatic carbocycles. The third-order valence-corrected chi connectivity index (χ3v) is 5.05. The number of aryl methyl sites for hydroxylation is 1. The first-order chi connectivity index (χ1) is 12.9. The van der Waals surface area contributed by atoms with Gasteiger partial charge in [-0.3, -0.25) is 0 Å². The van der Waals surface area contributed by atoms with Crippen molar-refractivity contribution in [2.75, 3.05) is 0 Å². The van der Waals surface area contributed by atoms with Crippen LogP contribution < -0.4 is 0 Å². The number of unbranched alkanes of at least 4 members (excludes halogenated alkanes) is 3. The second-order valence-electron chi connectivity index (χ2n) is 6.98. The molecule has 0 aliphatic rings. The first kappa shape index (κ1) is 23.7. The Morgan fingerprint density at radius 1 is 0.815 bits per heavy atom. The van der Waals surface area contributed by atoms with Gasteiger partial charge in [-0.05, 0) is 72.7 Å². The third-order valence-electron chi connectivity index (χ3n) is 4.58. The van der Waals surface area contributed by atoms with E-state index in [0.717, 1.165) is 36.8 Å². The SMILES string of the molecule is CCCC(C)c1cc(Cl)ccc1O.CCCCCCc1cc(Cl)ccc1O. The summed E-state index contributed by atoms with van der Waals surface area (Å²) in [5.41, 5.74) is 1.92. The molecule has 0 amide bonds. The molecule has 4 heteroatoms. The number of hydrogen-bond donors (Lipinski definition) is 2. The third kappa shape index (κ3) is 8.90. The molecule has 27 heavy (non-hydrogen) atoms. The summed E-state index contributed by atoms with van der Waals surface area (Å²) in [5.74, 6) is 1.10. The zero-order valence-electron chi connectivity index (χ0n) is 16.6. The van der Waals surface area contributed by atoms with Gasteiger partial charge in [0, 0.05) is 10.0 Å². The molecular formula is C23H32Cl2O2. The lowest BCUT2D eigenvalue weighted by Crippen LogP contribution is -1.93. The Bertz CT molecular complexity index is 686. The quantitative estimate of drug-likeness (QED) is 0.431. The largest absolute Gasteiger partial charge is 0.508 e. The van der Waals surface area contributed by atoms with Crippen molar-refractivity contribution in [2.45, 2.75) is 71.6 Å². The minimum Gasteiger partial charge on any atom is -0.508 e. The highest BCUT2D eigenvalue weighted by Gasteiger charge is 2.09. The van der Waals surface area contributed by atoms with E-state index in [1.165, 1.54) is 19.3 Å². The highest BCUT2D eigenvalue weighted by atomic mass is 35.5. The van der Waals surface area contributed by atoms with Crippen LogP contribution in [0.5, 0.6) is 11.5 Å². The fourth-order valence-electron chi connectivity index (χ4n) is 3.01. The van der Waals surface area contributed by atoms with Gasteiger partial charge in [0.2, 0.25) is 0 Å². The van der Waals surface area contributed by atoms with Crippen LogP contribution in [0, 0.1) is 0 Å². The number of phenols is 2. The van der Waals surface area contributed by atoms with Gasteiger partial charge in [0.1, 0.15) is 11.5 Å². The van der Waals surface area contributed by atoms with Crippen molar-refractivity contribution >= 4 is 23.2 Å². The fourth-order valence-corrected chi connectivity index (χ4v) is 3.38. The number of rotatable bonds is 8. The minimum atomic E-state index is 0.352. The average Bonchev–Trinajstić information content (AvgIpc) is 2.64. The van der Waals surface area contributed by atoms with Gasteiger partial charge in [-0.1, -0.05) is 69.7 Å². The summed E-state index contributed by atoms with van der Waals surface area (Å²) in [6.45, 7) is 6.43. The van der Waals surface area contributed by atoms with E-state index in [9.17, 15) is 10.2 Å². The van der Waals surface area contributed by atoms with Crippen LogP contribution in [0.4, 0.5) is 0 Å². The number of hydrogen-bond acceptors (Lipinski definition) is 2. The standard InChI is InChI=1S/C12H17ClO.C11H15ClO/c1-2-3-4-5-6-10-9-11(13)7-8-12(10)14;1-3-4-8(2)10-7-9(12)5-6-11(10)13/h7-9,14H,2-6H2,1H3;5-8,13H,3-4H2,1-2H3. The summed E-state index contributed by atoms with van der Waals surface area (Å²) >= 11 is 11.7. The van der Waals surface area contributed by atoms with Crippen molar-refractivity contribution < 1.29 is 10.2 Å². The second-order valence-corrected chi connectivity index (χ2v) is 7.85. The van der Waals surface area contributed by atoms with Crippen LogP contribution in [0.3, 0.4) is 0 Å². The van der Waals surface area contributed by atoms with Crippen LogP contribution in [0.1, 0.15) is 76.3 Å². The molecule has 0 saturated carbocycles. The molecule has 0 bridgehead atoms. The van der Waals surface area contributed by atoms with Gasteiger partial charge in [0.15, 0.2) is 0 Å². The molecule has 150 valence electrons. The summed E-state index contributed by atoms with van der Waals surface area (Å²) < 4.78 is 0. The molecule has 0 radical (unpaired) electrons. The van der Waals surface area contributed by atoms with Crippen LogP contribution in [0.25, 0.3) is 0 Å². The Morgan fingerprint density at radius 3 is 2.07 bits per heavy atom. The fraction of sp³-hybridized carbons (Fsp3) is 0.478. The van der Waals surface area contributed by atoms with Crippen molar-refractivity contribution in [3.8, 4) is 11.5 Å². The van der Waals surface area contributed by atoms with E-state index < -0.39 is 0 Å². The molecular weight excluding hydrogens is 379 g/mol. The molecule has 0 saturated heterocycles. The number of phenolic OH excluding ortho intramolecular Hbond substituents is 2. The lowest BCUT2D eigenvalue weighted by molar-refractivity contribution is 0.460. The van der Waals surface area contributed by atoms with Crippen LogP contribution in [0.15, 0.2) is 36.4 Å². The van der Waals surface area contributed by atoms with Gasteiger partial charge in [0.05, 0.1) is 0 Å². The van der Waals surface area contributed by atoms with E-state index in [2.05, 4.69) is 20.8 Å². The molecule has 1 unspecified atom stereocenters. The minimum absolute atomic E-state index is 0.352. The highest BCUT2D eigenvalue weighted by molar-refractivity contribution is 6.31. The Hall–Kier alpha value is -1.38. The molecule has 1 atom stereocenters. The van der Waals surface area contributed by atoms with Crippen LogP contribution in [0.2, 0.25) is 10.0 Å². The van der Waals surface area contributed by atoms with E-state index in [0.29, 0.717) is 27.5 Å². The molecule has 0 aliphatic heterocycles. The predicted octanol–water partition coefficient (Wildman–Crippen LogP) is 8.12. The normalized spacial score (nSPS) is 11.6. The lowest BCUT2D eigenvalue weighted by atomic mass is 9.96. The summed E-state index contributed by atoms with van der Waals surface area (Å²) in [4.78, 5) is 0. The zero-order valence-corrected chi connectivity index (χ0v) is 18.2. The summed E-state index contributed by atoms with van der Waals surface area (Å²) in [5, 5.41) is 20.5. The second kappa shape index (κ2) is 12.9. The molecule has 2 aromatic rings. The molecule has 2 N–H and O–H groups in total. The molecule has 0 fully saturated rings. The van der Waals surface area contributed by atoms with Crippen LogP contribution >= 0.6 is 23.2 Å². The van der Waals surface area contributed by atoms with Crippen molar-refractivity contribution in [3.63, 3.8) is 0 Å². The lowest BCUT2D eigenvalue weighted by Gasteiger charge is -2.12. The molecule has 2 aromatic carbocycles. The number of benzene rings is 2. The molecule has 0 spiro atoms. The summed E-state index contributed by atoms with van der Waals surface area (Å²) in [6, 6.07) is 10.4. The summed E-state index contributed by atoms with van der Waals surface area (Å²) in [7, 11) is 0. The Labute approximate surface area is 174 Å². The van der Waals surface area contributed by atoms with Gasteiger partial charge in [-0.15, -0.1) is 0 Å².